The molecule has 4 aromatic rings. The van der Waals surface area contributed by atoms with Gasteiger partial charge in [-0.25, -0.2) is 9.67 Å². The van der Waals surface area contributed by atoms with E-state index in [1.165, 1.54) is 0 Å². The molecular formula is C24H23Cl2N3O. The Labute approximate surface area is 186 Å². The van der Waals surface area contributed by atoms with Gasteiger partial charge >= 0.3 is 0 Å². The highest BCUT2D eigenvalue weighted by atomic mass is 35.5. The van der Waals surface area contributed by atoms with E-state index in [2.05, 4.69) is 25.8 Å². The van der Waals surface area contributed by atoms with Crippen LogP contribution in [0.3, 0.4) is 0 Å². The molecule has 2 aromatic heterocycles. The molecule has 0 N–H and O–H groups in total. The van der Waals surface area contributed by atoms with Gasteiger partial charge in [-0.05, 0) is 37.6 Å². The molecule has 4 nitrogen and oxygen atoms in total. The number of para-hydroxylation sites is 1. The van der Waals surface area contributed by atoms with Crippen molar-refractivity contribution in [2.24, 2.45) is 0 Å². The number of hydrogen-bond donors (Lipinski definition) is 0. The largest absolute Gasteiger partial charge is 0.438 e. The van der Waals surface area contributed by atoms with Crippen molar-refractivity contribution in [1.82, 2.24) is 14.8 Å². The first kappa shape index (κ1) is 20.7. The molecule has 0 spiro atoms. The Morgan fingerprint density at radius 2 is 1.73 bits per heavy atom. The van der Waals surface area contributed by atoms with Crippen LogP contribution in [0.15, 0.2) is 59.1 Å². The molecule has 0 amide bonds. The average molecular weight is 440 g/mol. The second-order valence-corrected chi connectivity index (χ2v) is 8.80. The van der Waals surface area contributed by atoms with Crippen molar-refractivity contribution < 1.29 is 4.42 Å². The zero-order valence-electron chi connectivity index (χ0n) is 17.4. The molecule has 0 aliphatic rings. The zero-order chi connectivity index (χ0) is 21.5. The van der Waals surface area contributed by atoms with Gasteiger partial charge in [-0.2, -0.15) is 5.10 Å². The number of nitrogens with zero attached hydrogens (tertiary/aromatic N) is 3. The lowest BCUT2D eigenvalue weighted by atomic mass is 9.90. The highest BCUT2D eigenvalue weighted by Crippen LogP contribution is 2.37. The lowest BCUT2D eigenvalue weighted by Crippen LogP contribution is -2.15. The van der Waals surface area contributed by atoms with E-state index in [1.54, 1.807) is 6.20 Å². The summed E-state index contributed by atoms with van der Waals surface area (Å²) in [6.45, 7) is 8.40. The number of halogens is 2. The van der Waals surface area contributed by atoms with Crippen molar-refractivity contribution in [3.05, 3.63) is 76.2 Å². The lowest BCUT2D eigenvalue weighted by Gasteiger charge is -2.17. The Kier molecular flexibility index (Phi) is 5.48. The highest BCUT2D eigenvalue weighted by molar-refractivity contribution is 6.32. The topological polar surface area (TPSA) is 43.9 Å². The Bertz CT molecular complexity index is 1190. The molecule has 0 saturated carbocycles. The van der Waals surface area contributed by atoms with Crippen molar-refractivity contribution in [2.75, 3.05) is 0 Å². The summed E-state index contributed by atoms with van der Waals surface area (Å²) in [4.78, 5) is 4.53. The molecule has 0 unspecified atom stereocenters. The van der Waals surface area contributed by atoms with E-state index in [4.69, 9.17) is 32.7 Å². The third-order valence-corrected chi connectivity index (χ3v) is 6.09. The second-order valence-electron chi connectivity index (χ2n) is 7.96. The third-order valence-electron chi connectivity index (χ3n) is 5.52. The smallest absolute Gasteiger partial charge is 0.200 e. The Balaban J connectivity index is 1.93. The molecule has 0 fully saturated rings. The third kappa shape index (κ3) is 3.66. The summed E-state index contributed by atoms with van der Waals surface area (Å²) in [6.07, 6.45) is 2.68. The molecule has 4 rings (SSSR count). The monoisotopic (exact) mass is 439 g/mol. The van der Waals surface area contributed by atoms with Crippen molar-refractivity contribution in [3.63, 3.8) is 0 Å². The molecule has 2 aromatic carbocycles. The van der Waals surface area contributed by atoms with Gasteiger partial charge in [0.25, 0.3) is 0 Å². The molecule has 0 atom stereocenters. The summed E-state index contributed by atoms with van der Waals surface area (Å²) in [5.41, 5.74) is 4.30. The predicted octanol–water partition coefficient (Wildman–Crippen LogP) is 7.50. The van der Waals surface area contributed by atoms with Crippen molar-refractivity contribution >= 4 is 23.2 Å². The van der Waals surface area contributed by atoms with Crippen molar-refractivity contribution in [2.45, 2.75) is 39.5 Å². The predicted molar refractivity (Wildman–Crippen MR) is 123 cm³/mol. The molecule has 30 heavy (non-hydrogen) atoms. The zero-order valence-corrected chi connectivity index (χ0v) is 18.9. The number of aromatic nitrogens is 3. The van der Waals surface area contributed by atoms with E-state index in [0.29, 0.717) is 21.7 Å². The summed E-state index contributed by atoms with van der Waals surface area (Å²) in [6, 6.07) is 15.4. The number of hydrogen-bond acceptors (Lipinski definition) is 3. The van der Waals surface area contributed by atoms with Crippen LogP contribution >= 0.6 is 23.2 Å². The van der Waals surface area contributed by atoms with Gasteiger partial charge < -0.3 is 4.42 Å². The second kappa shape index (κ2) is 7.93. The van der Waals surface area contributed by atoms with Crippen LogP contribution in [0.4, 0.5) is 0 Å². The first-order chi connectivity index (χ1) is 14.3. The standard InChI is InChI=1S/C24H23Cl2N3O/c1-5-24(3,4)23-27-14-20(30-23)21-15(2)22(16-10-12-17(25)13-11-16)29(28-21)19-9-7-6-8-18(19)26/h6-14H,5H2,1-4H3. The summed E-state index contributed by atoms with van der Waals surface area (Å²) < 4.78 is 8.02. The minimum Gasteiger partial charge on any atom is -0.438 e. The molecule has 0 saturated heterocycles. The van der Waals surface area contributed by atoms with E-state index in [9.17, 15) is 0 Å². The van der Waals surface area contributed by atoms with Crippen LogP contribution in [-0.4, -0.2) is 14.8 Å². The van der Waals surface area contributed by atoms with Gasteiger partial charge in [0.15, 0.2) is 5.76 Å². The number of rotatable bonds is 5. The van der Waals surface area contributed by atoms with Gasteiger partial charge in [0.1, 0.15) is 5.69 Å². The fourth-order valence-electron chi connectivity index (χ4n) is 3.32. The van der Waals surface area contributed by atoms with Gasteiger partial charge in [-0.15, -0.1) is 0 Å². The Morgan fingerprint density at radius 1 is 1.03 bits per heavy atom. The average Bonchev–Trinajstić information content (AvgIpc) is 3.35. The van der Waals surface area contributed by atoms with E-state index < -0.39 is 0 Å². The number of oxazole rings is 1. The number of benzene rings is 2. The van der Waals surface area contributed by atoms with Crippen LogP contribution in [0.5, 0.6) is 0 Å². The lowest BCUT2D eigenvalue weighted by molar-refractivity contribution is 0.364. The van der Waals surface area contributed by atoms with E-state index in [-0.39, 0.29) is 5.41 Å². The van der Waals surface area contributed by atoms with E-state index in [0.717, 1.165) is 34.6 Å². The van der Waals surface area contributed by atoms with Gasteiger partial charge in [-0.3, -0.25) is 0 Å². The highest BCUT2D eigenvalue weighted by Gasteiger charge is 2.27. The molecule has 0 radical (unpaired) electrons. The van der Waals surface area contributed by atoms with Gasteiger partial charge in [0, 0.05) is 21.6 Å². The van der Waals surface area contributed by atoms with Crippen LogP contribution in [0.1, 0.15) is 38.6 Å². The molecule has 154 valence electrons. The summed E-state index contributed by atoms with van der Waals surface area (Å²) >= 11 is 12.6. The maximum atomic E-state index is 6.52. The summed E-state index contributed by atoms with van der Waals surface area (Å²) in [5.74, 6) is 1.35. The Hall–Kier alpha value is -2.56. The molecule has 6 heteroatoms. The normalized spacial score (nSPS) is 11.8. The molecular weight excluding hydrogens is 417 g/mol. The first-order valence-corrected chi connectivity index (χ1v) is 10.6. The van der Waals surface area contributed by atoms with Crippen molar-refractivity contribution in [3.8, 4) is 28.4 Å². The minimum absolute atomic E-state index is 0.142. The van der Waals surface area contributed by atoms with Gasteiger partial charge in [0.05, 0.1) is 22.6 Å². The van der Waals surface area contributed by atoms with Crippen LogP contribution < -0.4 is 0 Å². The maximum Gasteiger partial charge on any atom is 0.200 e. The fourth-order valence-corrected chi connectivity index (χ4v) is 3.66. The van der Waals surface area contributed by atoms with Gasteiger partial charge in [-0.1, -0.05) is 68.2 Å². The Morgan fingerprint density at radius 3 is 2.40 bits per heavy atom. The summed E-state index contributed by atoms with van der Waals surface area (Å²) in [5, 5.41) is 6.20. The van der Waals surface area contributed by atoms with E-state index >= 15 is 0 Å². The molecule has 2 heterocycles. The van der Waals surface area contributed by atoms with Gasteiger partial charge in [0.2, 0.25) is 5.89 Å². The van der Waals surface area contributed by atoms with Crippen LogP contribution in [0, 0.1) is 6.92 Å². The minimum atomic E-state index is -0.142. The van der Waals surface area contributed by atoms with Crippen LogP contribution in [0.2, 0.25) is 10.0 Å². The van der Waals surface area contributed by atoms with Crippen LogP contribution in [-0.2, 0) is 5.41 Å². The van der Waals surface area contributed by atoms with Crippen molar-refractivity contribution in [1.29, 1.82) is 0 Å². The SMILES string of the molecule is CCC(C)(C)c1ncc(-c2nn(-c3ccccc3Cl)c(-c3ccc(Cl)cc3)c2C)o1. The first-order valence-electron chi connectivity index (χ1n) is 9.89. The fraction of sp³-hybridized carbons (Fsp3) is 0.250. The van der Waals surface area contributed by atoms with Crippen LogP contribution in [0.25, 0.3) is 28.4 Å². The molecule has 0 bridgehead atoms. The summed E-state index contributed by atoms with van der Waals surface area (Å²) in [7, 11) is 0. The van der Waals surface area contributed by atoms with E-state index in [1.807, 2.05) is 60.1 Å². The maximum absolute atomic E-state index is 6.52. The quantitative estimate of drug-likeness (QED) is 0.323. The molecule has 0 aliphatic carbocycles. The molecule has 0 aliphatic heterocycles.